The largest absolute Gasteiger partial charge is 0.497 e. The molecule has 0 saturated heterocycles. The molecule has 15 heavy (non-hydrogen) atoms. The van der Waals surface area contributed by atoms with Gasteiger partial charge < -0.3 is 14.7 Å². The second-order valence-corrected chi connectivity index (χ2v) is 3.26. The molecule has 0 saturated carbocycles. The van der Waals surface area contributed by atoms with Crippen LogP contribution in [-0.4, -0.2) is 36.7 Å². The van der Waals surface area contributed by atoms with Crippen LogP contribution in [0.5, 0.6) is 5.75 Å². The lowest BCUT2D eigenvalue weighted by Crippen LogP contribution is -2.28. The van der Waals surface area contributed by atoms with E-state index in [0.717, 1.165) is 11.3 Å². The van der Waals surface area contributed by atoms with E-state index < -0.39 is 6.61 Å². The van der Waals surface area contributed by atoms with Gasteiger partial charge in [0.15, 0.2) is 0 Å². The number of hydrogen-bond donors (Lipinski definition) is 1. The van der Waals surface area contributed by atoms with Gasteiger partial charge >= 0.3 is 0 Å². The first-order valence-electron chi connectivity index (χ1n) is 4.65. The molecule has 1 rings (SSSR count). The normalized spacial score (nSPS) is 9.80. The summed E-state index contributed by atoms with van der Waals surface area (Å²) in [5.41, 5.74) is 1.00. The second kappa shape index (κ2) is 5.36. The molecule has 1 amide bonds. The molecule has 0 heterocycles. The van der Waals surface area contributed by atoms with Crippen molar-refractivity contribution in [3.63, 3.8) is 0 Å². The van der Waals surface area contributed by atoms with Crippen molar-refractivity contribution in [2.24, 2.45) is 0 Å². The van der Waals surface area contributed by atoms with Crippen LogP contribution in [-0.2, 0) is 11.3 Å². The molecule has 0 bridgehead atoms. The minimum absolute atomic E-state index is 0.286. The fourth-order valence-electron chi connectivity index (χ4n) is 1.21. The van der Waals surface area contributed by atoms with Crippen LogP contribution in [0.1, 0.15) is 5.56 Å². The van der Waals surface area contributed by atoms with Crippen molar-refractivity contribution in [3.05, 3.63) is 29.8 Å². The lowest BCUT2D eigenvalue weighted by Gasteiger charge is -2.15. The summed E-state index contributed by atoms with van der Waals surface area (Å²) in [5, 5.41) is 8.65. The highest BCUT2D eigenvalue weighted by atomic mass is 16.5. The summed E-state index contributed by atoms with van der Waals surface area (Å²) < 4.78 is 5.02. The molecule has 0 aliphatic carbocycles. The van der Waals surface area contributed by atoms with Gasteiger partial charge in [-0.1, -0.05) is 12.1 Å². The fraction of sp³-hybridized carbons (Fsp3) is 0.364. The number of aliphatic hydroxyl groups is 1. The molecular weight excluding hydrogens is 194 g/mol. The van der Waals surface area contributed by atoms with Crippen LogP contribution < -0.4 is 4.74 Å². The molecule has 0 fully saturated rings. The third-order valence-corrected chi connectivity index (χ3v) is 2.14. The second-order valence-electron chi connectivity index (χ2n) is 3.26. The average molecular weight is 209 g/mol. The number of ether oxygens (including phenoxy) is 1. The van der Waals surface area contributed by atoms with Gasteiger partial charge in [-0.3, -0.25) is 4.79 Å². The first-order valence-corrected chi connectivity index (χ1v) is 4.65. The van der Waals surface area contributed by atoms with E-state index in [1.54, 1.807) is 14.2 Å². The van der Waals surface area contributed by atoms with E-state index in [-0.39, 0.29) is 5.91 Å². The van der Waals surface area contributed by atoms with Gasteiger partial charge in [0.25, 0.3) is 0 Å². The Labute approximate surface area is 89.1 Å². The molecule has 1 aromatic rings. The first kappa shape index (κ1) is 11.5. The minimum Gasteiger partial charge on any atom is -0.497 e. The highest BCUT2D eigenvalue weighted by Gasteiger charge is 2.06. The van der Waals surface area contributed by atoms with E-state index in [4.69, 9.17) is 9.84 Å². The number of likely N-dealkylation sites (N-methyl/N-ethyl adjacent to an activating group) is 1. The quantitative estimate of drug-likeness (QED) is 0.792. The topological polar surface area (TPSA) is 49.8 Å². The maximum atomic E-state index is 11.1. The lowest BCUT2D eigenvalue weighted by molar-refractivity contribution is -0.133. The van der Waals surface area contributed by atoms with Gasteiger partial charge in [-0.25, -0.2) is 0 Å². The molecule has 1 N–H and O–H groups in total. The Kier molecular flexibility index (Phi) is 4.12. The number of methoxy groups -OCH3 is 1. The first-order chi connectivity index (χ1) is 7.17. The Balaban J connectivity index is 2.60. The molecule has 1 aromatic carbocycles. The number of amides is 1. The van der Waals surface area contributed by atoms with Crippen molar-refractivity contribution in [3.8, 4) is 5.75 Å². The Morgan fingerprint density at radius 2 is 2.00 bits per heavy atom. The fourth-order valence-corrected chi connectivity index (χ4v) is 1.21. The van der Waals surface area contributed by atoms with Crippen LogP contribution in [0, 0.1) is 0 Å². The Hall–Kier alpha value is -1.55. The van der Waals surface area contributed by atoms with Gasteiger partial charge in [-0.15, -0.1) is 0 Å². The molecule has 82 valence electrons. The van der Waals surface area contributed by atoms with Gasteiger partial charge in [0.2, 0.25) is 5.91 Å². The highest BCUT2D eigenvalue weighted by Crippen LogP contribution is 2.12. The SMILES string of the molecule is COc1ccc(CN(C)C(=O)CO)cc1. The highest BCUT2D eigenvalue weighted by molar-refractivity contribution is 5.76. The molecule has 0 atom stereocenters. The van der Waals surface area contributed by atoms with Crippen LogP contribution in [0.4, 0.5) is 0 Å². The van der Waals surface area contributed by atoms with Gasteiger partial charge in [0, 0.05) is 13.6 Å². The Morgan fingerprint density at radius 1 is 1.40 bits per heavy atom. The molecule has 0 radical (unpaired) electrons. The number of rotatable bonds is 4. The van der Waals surface area contributed by atoms with Crippen molar-refractivity contribution >= 4 is 5.91 Å². The third kappa shape index (κ3) is 3.25. The molecule has 0 aromatic heterocycles. The van der Waals surface area contributed by atoms with Crippen molar-refractivity contribution in [2.45, 2.75) is 6.54 Å². The number of benzene rings is 1. The average Bonchev–Trinajstić information content (AvgIpc) is 2.29. The molecule has 0 spiro atoms. The lowest BCUT2D eigenvalue weighted by atomic mass is 10.2. The predicted molar refractivity (Wildman–Crippen MR) is 56.6 cm³/mol. The van der Waals surface area contributed by atoms with E-state index in [1.165, 1.54) is 4.90 Å². The minimum atomic E-state index is -0.452. The van der Waals surface area contributed by atoms with Crippen molar-refractivity contribution in [2.75, 3.05) is 20.8 Å². The maximum Gasteiger partial charge on any atom is 0.248 e. The molecule has 0 unspecified atom stereocenters. The summed E-state index contributed by atoms with van der Waals surface area (Å²) in [6, 6.07) is 7.46. The summed E-state index contributed by atoms with van der Waals surface area (Å²) in [7, 11) is 3.26. The van der Waals surface area contributed by atoms with Gasteiger partial charge in [0.05, 0.1) is 7.11 Å². The van der Waals surface area contributed by atoms with Gasteiger partial charge in [-0.2, -0.15) is 0 Å². The van der Waals surface area contributed by atoms with E-state index >= 15 is 0 Å². The number of nitrogens with zero attached hydrogens (tertiary/aromatic N) is 1. The van der Waals surface area contributed by atoms with Crippen LogP contribution in [0.25, 0.3) is 0 Å². The summed E-state index contributed by atoms with van der Waals surface area (Å²) in [6.07, 6.45) is 0. The van der Waals surface area contributed by atoms with Crippen LogP contribution in [0.3, 0.4) is 0 Å². The van der Waals surface area contributed by atoms with Gasteiger partial charge in [-0.05, 0) is 17.7 Å². The zero-order valence-corrected chi connectivity index (χ0v) is 8.93. The molecule has 4 heteroatoms. The molecule has 0 aliphatic rings. The summed E-state index contributed by atoms with van der Waals surface area (Å²) in [5.74, 6) is 0.501. The number of aliphatic hydroxyl groups excluding tert-OH is 1. The van der Waals surface area contributed by atoms with E-state index in [2.05, 4.69) is 0 Å². The monoisotopic (exact) mass is 209 g/mol. The standard InChI is InChI=1S/C11H15NO3/c1-12(11(14)8-13)7-9-3-5-10(15-2)6-4-9/h3-6,13H,7-8H2,1-2H3. The smallest absolute Gasteiger partial charge is 0.248 e. The van der Waals surface area contributed by atoms with Crippen molar-refractivity contribution in [1.29, 1.82) is 0 Å². The van der Waals surface area contributed by atoms with E-state index in [9.17, 15) is 4.79 Å². The van der Waals surface area contributed by atoms with Gasteiger partial charge in [0.1, 0.15) is 12.4 Å². The Bertz CT molecular complexity index is 321. The van der Waals surface area contributed by atoms with Crippen LogP contribution in [0.15, 0.2) is 24.3 Å². The molecule has 4 nitrogen and oxygen atoms in total. The molecule has 0 aliphatic heterocycles. The number of hydrogen-bond acceptors (Lipinski definition) is 3. The van der Waals surface area contributed by atoms with Crippen LogP contribution in [0.2, 0.25) is 0 Å². The van der Waals surface area contributed by atoms with Crippen molar-refractivity contribution < 1.29 is 14.6 Å². The zero-order chi connectivity index (χ0) is 11.3. The van der Waals surface area contributed by atoms with E-state index in [0.29, 0.717) is 6.54 Å². The van der Waals surface area contributed by atoms with Crippen LogP contribution >= 0.6 is 0 Å². The Morgan fingerprint density at radius 3 is 2.47 bits per heavy atom. The third-order valence-electron chi connectivity index (χ3n) is 2.14. The zero-order valence-electron chi connectivity index (χ0n) is 8.93. The predicted octanol–water partition coefficient (Wildman–Crippen LogP) is 0.646. The summed E-state index contributed by atoms with van der Waals surface area (Å²) in [6.45, 7) is 0.0377. The van der Waals surface area contributed by atoms with E-state index in [1.807, 2.05) is 24.3 Å². The molecular formula is C11H15NO3. The van der Waals surface area contributed by atoms with Crippen molar-refractivity contribution in [1.82, 2.24) is 4.90 Å². The summed E-state index contributed by atoms with van der Waals surface area (Å²) in [4.78, 5) is 12.6. The maximum absolute atomic E-state index is 11.1. The number of carbonyl (C=O) groups excluding carboxylic acids is 1. The number of carbonyl (C=O) groups is 1. The summed E-state index contributed by atoms with van der Waals surface area (Å²) >= 11 is 0.